The lowest BCUT2D eigenvalue weighted by Gasteiger charge is -2.23. The number of fused-ring (bicyclic) bond motifs is 1. The second-order valence-electron chi connectivity index (χ2n) is 8.21. The Bertz CT molecular complexity index is 1040. The maximum Gasteiger partial charge on any atom is 0.251 e. The van der Waals surface area contributed by atoms with Crippen molar-refractivity contribution in [1.82, 2.24) is 15.2 Å². The summed E-state index contributed by atoms with van der Waals surface area (Å²) in [7, 11) is 0. The minimum Gasteiger partial charge on any atom is -0.349 e. The molecular weight excluding hydrogens is 382 g/mol. The van der Waals surface area contributed by atoms with Gasteiger partial charge >= 0.3 is 0 Å². The molecule has 5 heteroatoms. The zero-order valence-electron chi connectivity index (χ0n) is 16.3. The molecule has 0 unspecified atom stereocenters. The Hall–Kier alpha value is -2.43. The minimum absolute atomic E-state index is 0.0344. The van der Waals surface area contributed by atoms with Crippen LogP contribution in [0.2, 0.25) is 5.15 Å². The van der Waals surface area contributed by atoms with E-state index in [2.05, 4.69) is 39.5 Å². The van der Waals surface area contributed by atoms with Gasteiger partial charge in [-0.3, -0.25) is 9.69 Å². The number of amides is 1. The van der Waals surface area contributed by atoms with E-state index in [0.29, 0.717) is 17.2 Å². The molecule has 1 amide bonds. The number of hydrogen-bond acceptors (Lipinski definition) is 3. The SMILES string of the molecule is O=C(NC1CC1)c1ccc(CN(Cc2cc3ccccc3nc2Cl)C2CC2)cc1. The molecule has 2 aliphatic rings. The van der Waals surface area contributed by atoms with E-state index >= 15 is 0 Å². The Morgan fingerprint density at radius 3 is 2.52 bits per heavy atom. The Morgan fingerprint density at radius 2 is 1.79 bits per heavy atom. The van der Waals surface area contributed by atoms with Gasteiger partial charge in [-0.2, -0.15) is 0 Å². The number of halogens is 1. The molecule has 3 aromatic rings. The van der Waals surface area contributed by atoms with Gasteiger partial charge in [0.25, 0.3) is 5.91 Å². The highest BCUT2D eigenvalue weighted by Crippen LogP contribution is 2.32. The standard InChI is InChI=1S/C24H24ClN3O/c25-23-19(13-18-3-1-2-4-22(18)27-23)15-28(21-11-12-21)14-16-5-7-17(8-6-16)24(29)26-20-9-10-20/h1-8,13,20-21H,9-12,14-15H2,(H,26,29). The van der Waals surface area contributed by atoms with Crippen LogP contribution in [0.1, 0.15) is 47.2 Å². The number of rotatable bonds is 7. The van der Waals surface area contributed by atoms with Crippen molar-refractivity contribution in [2.75, 3.05) is 0 Å². The van der Waals surface area contributed by atoms with Crippen LogP contribution in [0.15, 0.2) is 54.6 Å². The first-order valence-electron chi connectivity index (χ1n) is 10.3. The van der Waals surface area contributed by atoms with Crippen molar-refractivity contribution in [2.24, 2.45) is 0 Å². The normalized spacial score (nSPS) is 16.3. The number of nitrogens with one attached hydrogen (secondary N) is 1. The number of benzene rings is 2. The number of para-hydroxylation sites is 1. The van der Waals surface area contributed by atoms with Crippen LogP contribution < -0.4 is 5.32 Å². The minimum atomic E-state index is 0.0344. The average molecular weight is 406 g/mol. The maximum absolute atomic E-state index is 12.2. The van der Waals surface area contributed by atoms with Gasteiger partial charge in [0.05, 0.1) is 5.52 Å². The fourth-order valence-corrected chi connectivity index (χ4v) is 3.92. The zero-order chi connectivity index (χ0) is 19.8. The molecule has 0 aliphatic heterocycles. The van der Waals surface area contributed by atoms with E-state index < -0.39 is 0 Å². The molecule has 0 atom stereocenters. The van der Waals surface area contributed by atoms with Gasteiger partial charge in [-0.15, -0.1) is 0 Å². The molecule has 29 heavy (non-hydrogen) atoms. The lowest BCUT2D eigenvalue weighted by atomic mass is 10.1. The molecule has 148 valence electrons. The van der Waals surface area contributed by atoms with E-state index in [4.69, 9.17) is 11.6 Å². The second-order valence-corrected chi connectivity index (χ2v) is 8.57. The third kappa shape index (κ3) is 4.44. The summed E-state index contributed by atoms with van der Waals surface area (Å²) in [5.41, 5.74) is 3.95. The quantitative estimate of drug-likeness (QED) is 0.566. The molecule has 2 aliphatic carbocycles. The van der Waals surface area contributed by atoms with Crippen molar-refractivity contribution in [3.05, 3.63) is 76.4 Å². The van der Waals surface area contributed by atoms with E-state index in [1.807, 2.05) is 30.3 Å². The highest BCUT2D eigenvalue weighted by Gasteiger charge is 2.29. The zero-order valence-corrected chi connectivity index (χ0v) is 17.0. The molecule has 2 aromatic carbocycles. The predicted octanol–water partition coefficient (Wildman–Crippen LogP) is 4.95. The number of carbonyl (C=O) groups excluding carboxylic acids is 1. The van der Waals surface area contributed by atoms with Gasteiger partial charge in [-0.25, -0.2) is 4.98 Å². The summed E-state index contributed by atoms with van der Waals surface area (Å²) in [4.78, 5) is 19.2. The Morgan fingerprint density at radius 1 is 1.03 bits per heavy atom. The number of pyridine rings is 1. The Balaban J connectivity index is 1.31. The highest BCUT2D eigenvalue weighted by atomic mass is 35.5. The number of aromatic nitrogens is 1. The summed E-state index contributed by atoms with van der Waals surface area (Å²) in [6, 6.07) is 19.2. The molecular formula is C24H24ClN3O. The fraction of sp³-hybridized carbons (Fsp3) is 0.333. The molecule has 0 bridgehead atoms. The molecule has 1 N–H and O–H groups in total. The molecule has 1 aromatic heterocycles. The van der Waals surface area contributed by atoms with Crippen molar-refractivity contribution >= 4 is 28.4 Å². The smallest absolute Gasteiger partial charge is 0.251 e. The summed E-state index contributed by atoms with van der Waals surface area (Å²) in [5.74, 6) is 0.0344. The van der Waals surface area contributed by atoms with Gasteiger partial charge in [0.15, 0.2) is 0 Å². The van der Waals surface area contributed by atoms with E-state index in [9.17, 15) is 4.79 Å². The third-order valence-electron chi connectivity index (χ3n) is 5.70. The molecule has 2 saturated carbocycles. The van der Waals surface area contributed by atoms with Crippen LogP contribution in [0.5, 0.6) is 0 Å². The molecule has 4 nitrogen and oxygen atoms in total. The van der Waals surface area contributed by atoms with Crippen LogP contribution >= 0.6 is 11.6 Å². The molecule has 0 radical (unpaired) electrons. The first-order valence-corrected chi connectivity index (χ1v) is 10.7. The Labute approximate surface area is 175 Å². The van der Waals surface area contributed by atoms with E-state index in [1.165, 1.54) is 18.4 Å². The average Bonchev–Trinajstić information content (AvgIpc) is 3.63. The number of hydrogen-bond donors (Lipinski definition) is 1. The van der Waals surface area contributed by atoms with Crippen LogP contribution in [-0.4, -0.2) is 27.9 Å². The van der Waals surface area contributed by atoms with Crippen molar-refractivity contribution in [2.45, 2.75) is 50.9 Å². The number of nitrogens with zero attached hydrogens (tertiary/aromatic N) is 2. The van der Waals surface area contributed by atoms with E-state index in [1.54, 1.807) is 0 Å². The van der Waals surface area contributed by atoms with Crippen molar-refractivity contribution in [1.29, 1.82) is 0 Å². The molecule has 0 spiro atoms. The van der Waals surface area contributed by atoms with Crippen LogP contribution in [-0.2, 0) is 13.1 Å². The van der Waals surface area contributed by atoms with Crippen LogP contribution in [0.4, 0.5) is 0 Å². The Kier molecular flexibility index (Phi) is 4.98. The van der Waals surface area contributed by atoms with Gasteiger partial charge in [0, 0.05) is 41.7 Å². The van der Waals surface area contributed by atoms with Gasteiger partial charge in [0.1, 0.15) is 5.15 Å². The van der Waals surface area contributed by atoms with Crippen molar-refractivity contribution in [3.8, 4) is 0 Å². The summed E-state index contributed by atoms with van der Waals surface area (Å²) in [5, 5.41) is 4.74. The topological polar surface area (TPSA) is 45.2 Å². The highest BCUT2D eigenvalue weighted by molar-refractivity contribution is 6.30. The lowest BCUT2D eigenvalue weighted by Crippen LogP contribution is -2.26. The monoisotopic (exact) mass is 405 g/mol. The van der Waals surface area contributed by atoms with Crippen molar-refractivity contribution in [3.63, 3.8) is 0 Å². The first-order chi connectivity index (χ1) is 14.2. The van der Waals surface area contributed by atoms with Gasteiger partial charge < -0.3 is 5.32 Å². The predicted molar refractivity (Wildman–Crippen MR) is 116 cm³/mol. The third-order valence-corrected chi connectivity index (χ3v) is 6.03. The largest absolute Gasteiger partial charge is 0.349 e. The summed E-state index contributed by atoms with van der Waals surface area (Å²) >= 11 is 6.50. The van der Waals surface area contributed by atoms with E-state index in [-0.39, 0.29) is 5.91 Å². The van der Waals surface area contributed by atoms with E-state index in [0.717, 1.165) is 48.0 Å². The summed E-state index contributed by atoms with van der Waals surface area (Å²) in [6.07, 6.45) is 4.65. The van der Waals surface area contributed by atoms with Gasteiger partial charge in [-0.1, -0.05) is 41.9 Å². The summed E-state index contributed by atoms with van der Waals surface area (Å²) < 4.78 is 0. The first kappa shape index (κ1) is 18.6. The number of carbonyl (C=O) groups is 1. The van der Waals surface area contributed by atoms with Gasteiger partial charge in [0.2, 0.25) is 0 Å². The summed E-state index contributed by atoms with van der Waals surface area (Å²) in [6.45, 7) is 1.63. The van der Waals surface area contributed by atoms with Crippen LogP contribution in [0.25, 0.3) is 10.9 Å². The van der Waals surface area contributed by atoms with Crippen LogP contribution in [0.3, 0.4) is 0 Å². The molecule has 1 heterocycles. The van der Waals surface area contributed by atoms with Crippen molar-refractivity contribution < 1.29 is 4.79 Å². The second kappa shape index (κ2) is 7.77. The van der Waals surface area contributed by atoms with Gasteiger partial charge in [-0.05, 0) is 55.5 Å². The lowest BCUT2D eigenvalue weighted by molar-refractivity contribution is 0.0951. The molecule has 2 fully saturated rings. The maximum atomic E-state index is 12.2. The van der Waals surface area contributed by atoms with Crippen LogP contribution in [0, 0.1) is 0 Å². The molecule has 0 saturated heterocycles. The molecule has 5 rings (SSSR count). The fourth-order valence-electron chi connectivity index (χ4n) is 3.71.